The summed E-state index contributed by atoms with van der Waals surface area (Å²) in [5, 5.41) is 7.20. The number of aryl methyl sites for hydroxylation is 1. The van der Waals surface area contributed by atoms with Crippen LogP contribution in [0, 0.1) is 6.92 Å². The molecule has 0 bridgehead atoms. The van der Waals surface area contributed by atoms with Crippen LogP contribution in [0.5, 0.6) is 0 Å². The van der Waals surface area contributed by atoms with Crippen molar-refractivity contribution in [3.63, 3.8) is 0 Å². The Morgan fingerprint density at radius 2 is 2.00 bits per heavy atom. The average molecular weight is 288 g/mol. The van der Waals surface area contributed by atoms with Crippen LogP contribution in [-0.2, 0) is 0 Å². The summed E-state index contributed by atoms with van der Waals surface area (Å²) >= 11 is 5.85. The molecule has 0 heterocycles. The van der Waals surface area contributed by atoms with Crippen LogP contribution >= 0.6 is 11.6 Å². The summed E-state index contributed by atoms with van der Waals surface area (Å²) in [6.07, 6.45) is 1.53. The summed E-state index contributed by atoms with van der Waals surface area (Å²) < 4.78 is 0. The van der Waals surface area contributed by atoms with E-state index in [9.17, 15) is 4.79 Å². The topological polar surface area (TPSA) is 53.5 Å². The van der Waals surface area contributed by atoms with Crippen molar-refractivity contribution < 1.29 is 4.79 Å². The molecule has 0 fully saturated rings. The van der Waals surface area contributed by atoms with Gasteiger partial charge in [0.15, 0.2) is 0 Å². The number of hydrazone groups is 1. The van der Waals surface area contributed by atoms with Gasteiger partial charge in [0.25, 0.3) is 0 Å². The van der Waals surface area contributed by atoms with Crippen molar-refractivity contribution in [3.05, 3.63) is 64.7 Å². The maximum atomic E-state index is 11.7. The van der Waals surface area contributed by atoms with E-state index in [1.807, 2.05) is 43.3 Å². The summed E-state index contributed by atoms with van der Waals surface area (Å²) in [6.45, 7) is 1.92. The lowest BCUT2D eigenvalue weighted by Crippen LogP contribution is -2.24. The third-order valence-corrected chi connectivity index (χ3v) is 2.86. The maximum absolute atomic E-state index is 11.7. The number of urea groups is 1. The van der Waals surface area contributed by atoms with E-state index in [4.69, 9.17) is 11.6 Å². The Morgan fingerprint density at radius 3 is 2.75 bits per heavy atom. The molecule has 0 aliphatic carbocycles. The van der Waals surface area contributed by atoms with E-state index in [1.54, 1.807) is 12.1 Å². The summed E-state index contributed by atoms with van der Waals surface area (Å²) in [5.41, 5.74) is 4.96. The Bertz CT molecular complexity index is 641. The van der Waals surface area contributed by atoms with Gasteiger partial charge in [-0.2, -0.15) is 5.10 Å². The van der Waals surface area contributed by atoms with Gasteiger partial charge in [0.05, 0.1) is 6.21 Å². The zero-order valence-electron chi connectivity index (χ0n) is 10.9. The predicted octanol–water partition coefficient (Wildman–Crippen LogP) is 3.80. The van der Waals surface area contributed by atoms with Crippen LogP contribution in [-0.4, -0.2) is 12.2 Å². The van der Waals surface area contributed by atoms with E-state index in [0.717, 1.165) is 16.8 Å². The molecule has 5 heteroatoms. The molecule has 2 N–H and O–H groups in total. The molecule has 0 aliphatic rings. The Kier molecular flexibility index (Phi) is 4.74. The van der Waals surface area contributed by atoms with Crippen LogP contribution in [0.3, 0.4) is 0 Å². The van der Waals surface area contributed by atoms with Gasteiger partial charge in [0.1, 0.15) is 0 Å². The minimum absolute atomic E-state index is 0.391. The van der Waals surface area contributed by atoms with Gasteiger partial charge < -0.3 is 5.32 Å². The van der Waals surface area contributed by atoms with Crippen LogP contribution in [0.25, 0.3) is 0 Å². The first-order chi connectivity index (χ1) is 9.65. The number of para-hydroxylation sites is 1. The Hall–Kier alpha value is -2.33. The van der Waals surface area contributed by atoms with E-state index >= 15 is 0 Å². The van der Waals surface area contributed by atoms with E-state index in [2.05, 4.69) is 15.8 Å². The Balaban J connectivity index is 1.91. The van der Waals surface area contributed by atoms with Crippen LogP contribution in [0.15, 0.2) is 53.6 Å². The SMILES string of the molecule is Cc1ccccc1NC(=O)NN=Cc1cccc(Cl)c1. The van der Waals surface area contributed by atoms with Crippen molar-refractivity contribution in [1.29, 1.82) is 0 Å². The van der Waals surface area contributed by atoms with Crippen LogP contribution in [0.1, 0.15) is 11.1 Å². The minimum Gasteiger partial charge on any atom is -0.306 e. The first-order valence-corrected chi connectivity index (χ1v) is 6.44. The number of rotatable bonds is 3. The van der Waals surface area contributed by atoms with Gasteiger partial charge in [0.2, 0.25) is 0 Å². The van der Waals surface area contributed by atoms with Crippen LogP contribution in [0.4, 0.5) is 10.5 Å². The van der Waals surface area contributed by atoms with Crippen LogP contribution in [0.2, 0.25) is 5.02 Å². The second kappa shape index (κ2) is 6.73. The van der Waals surface area contributed by atoms with Gasteiger partial charge in [-0.05, 0) is 36.2 Å². The standard InChI is InChI=1S/C15H14ClN3O/c1-11-5-2-3-8-14(11)18-15(20)19-17-10-12-6-4-7-13(16)9-12/h2-10H,1H3,(H2,18,19,20). The van der Waals surface area contributed by atoms with Gasteiger partial charge in [-0.25, -0.2) is 10.2 Å². The smallest absolute Gasteiger partial charge is 0.306 e. The molecule has 2 aromatic carbocycles. The number of amides is 2. The van der Waals surface area contributed by atoms with Crippen molar-refractivity contribution in [2.75, 3.05) is 5.32 Å². The quantitative estimate of drug-likeness (QED) is 0.655. The van der Waals surface area contributed by atoms with Crippen molar-refractivity contribution in [2.45, 2.75) is 6.92 Å². The number of hydrogen-bond acceptors (Lipinski definition) is 2. The molecule has 2 amide bonds. The molecular weight excluding hydrogens is 274 g/mol. The monoisotopic (exact) mass is 287 g/mol. The minimum atomic E-state index is -0.391. The average Bonchev–Trinajstić information content (AvgIpc) is 2.41. The number of carbonyl (C=O) groups excluding carboxylic acids is 1. The summed E-state index contributed by atoms with van der Waals surface area (Å²) in [4.78, 5) is 11.7. The number of anilines is 1. The van der Waals surface area contributed by atoms with E-state index in [1.165, 1.54) is 6.21 Å². The fourth-order valence-corrected chi connectivity index (χ4v) is 1.81. The number of halogens is 1. The van der Waals surface area contributed by atoms with E-state index in [-0.39, 0.29) is 0 Å². The maximum Gasteiger partial charge on any atom is 0.339 e. The second-order valence-corrected chi connectivity index (χ2v) is 4.63. The van der Waals surface area contributed by atoms with E-state index < -0.39 is 6.03 Å². The lowest BCUT2D eigenvalue weighted by Gasteiger charge is -2.06. The Labute approximate surface area is 122 Å². The van der Waals surface area contributed by atoms with Crippen molar-refractivity contribution in [2.24, 2.45) is 5.10 Å². The first kappa shape index (κ1) is 14.1. The van der Waals surface area contributed by atoms with Gasteiger partial charge in [-0.1, -0.05) is 41.9 Å². The molecule has 0 aromatic heterocycles. The van der Waals surface area contributed by atoms with Gasteiger partial charge in [-0.3, -0.25) is 0 Å². The zero-order chi connectivity index (χ0) is 14.4. The number of nitrogens with one attached hydrogen (secondary N) is 2. The van der Waals surface area contributed by atoms with Gasteiger partial charge >= 0.3 is 6.03 Å². The Morgan fingerprint density at radius 1 is 1.20 bits per heavy atom. The molecule has 4 nitrogen and oxygen atoms in total. The first-order valence-electron chi connectivity index (χ1n) is 6.06. The highest BCUT2D eigenvalue weighted by Gasteiger charge is 2.01. The van der Waals surface area contributed by atoms with Crippen molar-refractivity contribution in [3.8, 4) is 0 Å². The number of benzene rings is 2. The molecule has 0 aliphatic heterocycles. The number of hydrogen-bond donors (Lipinski definition) is 2. The number of nitrogens with zero attached hydrogens (tertiary/aromatic N) is 1. The fraction of sp³-hybridized carbons (Fsp3) is 0.0667. The van der Waals surface area contributed by atoms with Crippen molar-refractivity contribution >= 4 is 29.5 Å². The second-order valence-electron chi connectivity index (χ2n) is 4.19. The molecule has 2 aromatic rings. The largest absolute Gasteiger partial charge is 0.339 e. The molecule has 0 saturated heterocycles. The van der Waals surface area contributed by atoms with Gasteiger partial charge in [-0.15, -0.1) is 0 Å². The van der Waals surface area contributed by atoms with Crippen molar-refractivity contribution in [1.82, 2.24) is 5.43 Å². The molecule has 20 heavy (non-hydrogen) atoms. The molecule has 0 radical (unpaired) electrons. The highest BCUT2D eigenvalue weighted by Crippen LogP contribution is 2.12. The zero-order valence-corrected chi connectivity index (χ0v) is 11.7. The molecule has 0 unspecified atom stereocenters. The molecular formula is C15H14ClN3O. The molecule has 2 rings (SSSR count). The highest BCUT2D eigenvalue weighted by molar-refractivity contribution is 6.30. The lowest BCUT2D eigenvalue weighted by atomic mass is 10.2. The number of carbonyl (C=O) groups is 1. The third kappa shape index (κ3) is 4.10. The highest BCUT2D eigenvalue weighted by atomic mass is 35.5. The summed E-state index contributed by atoms with van der Waals surface area (Å²) in [7, 11) is 0. The fourth-order valence-electron chi connectivity index (χ4n) is 1.62. The normalized spacial score (nSPS) is 10.5. The molecule has 0 spiro atoms. The van der Waals surface area contributed by atoms with E-state index in [0.29, 0.717) is 5.02 Å². The molecule has 102 valence electrons. The molecule has 0 saturated carbocycles. The third-order valence-electron chi connectivity index (χ3n) is 2.62. The van der Waals surface area contributed by atoms with Crippen LogP contribution < -0.4 is 10.7 Å². The summed E-state index contributed by atoms with van der Waals surface area (Å²) in [6, 6.07) is 14.3. The summed E-state index contributed by atoms with van der Waals surface area (Å²) in [5.74, 6) is 0. The lowest BCUT2D eigenvalue weighted by molar-refractivity contribution is 0.252. The van der Waals surface area contributed by atoms with Gasteiger partial charge in [0, 0.05) is 10.7 Å². The predicted molar refractivity (Wildman–Crippen MR) is 82.4 cm³/mol. The molecule has 0 atom stereocenters.